The molecule has 0 saturated heterocycles. The molecule has 0 amide bonds. The predicted octanol–water partition coefficient (Wildman–Crippen LogP) is 2.79. The van der Waals surface area contributed by atoms with Crippen molar-refractivity contribution in [3.05, 3.63) is 12.2 Å². The summed E-state index contributed by atoms with van der Waals surface area (Å²) in [7, 11) is 0. The van der Waals surface area contributed by atoms with Gasteiger partial charge in [-0.1, -0.05) is 12.2 Å². The first-order valence-electron chi connectivity index (χ1n) is 7.72. The molecule has 20 heavy (non-hydrogen) atoms. The Morgan fingerprint density at radius 3 is 1.40 bits per heavy atom. The van der Waals surface area contributed by atoms with Crippen LogP contribution >= 0.6 is 0 Å². The third-order valence-corrected chi connectivity index (χ3v) is 5.57. The van der Waals surface area contributed by atoms with Crippen LogP contribution in [0.1, 0.15) is 38.5 Å². The summed E-state index contributed by atoms with van der Waals surface area (Å²) in [6, 6.07) is 0. The van der Waals surface area contributed by atoms with E-state index >= 15 is 0 Å². The molecule has 6 atom stereocenters. The minimum atomic E-state index is -0.666. The Kier molecular flexibility index (Phi) is 3.57. The molecule has 3 aliphatic rings. The lowest BCUT2D eigenvalue weighted by molar-refractivity contribution is -0.140. The number of carbonyl (C=O) groups is 2. The Morgan fingerprint density at radius 1 is 0.700 bits per heavy atom. The van der Waals surface area contributed by atoms with Crippen molar-refractivity contribution in [3.63, 3.8) is 0 Å². The molecule has 0 aromatic rings. The van der Waals surface area contributed by atoms with Gasteiger partial charge in [-0.3, -0.25) is 9.59 Å². The fraction of sp³-hybridized carbons (Fsp3) is 0.750. The Hall–Kier alpha value is -1.32. The van der Waals surface area contributed by atoms with Crippen molar-refractivity contribution in [2.75, 3.05) is 0 Å². The largest absolute Gasteiger partial charge is 0.481 e. The maximum absolute atomic E-state index is 11.2. The van der Waals surface area contributed by atoms with Crippen LogP contribution in [-0.2, 0) is 9.59 Å². The first-order valence-corrected chi connectivity index (χ1v) is 7.72. The van der Waals surface area contributed by atoms with Crippen LogP contribution in [0.2, 0.25) is 0 Å². The molecule has 0 spiro atoms. The quantitative estimate of drug-likeness (QED) is 0.762. The van der Waals surface area contributed by atoms with Gasteiger partial charge in [-0.2, -0.15) is 0 Å². The smallest absolute Gasteiger partial charge is 0.307 e. The van der Waals surface area contributed by atoms with Crippen molar-refractivity contribution < 1.29 is 19.8 Å². The summed E-state index contributed by atoms with van der Waals surface area (Å²) in [6.07, 6.45) is 9.94. The van der Waals surface area contributed by atoms with Gasteiger partial charge in [-0.05, 0) is 62.2 Å². The highest BCUT2D eigenvalue weighted by Crippen LogP contribution is 2.57. The summed E-state index contributed by atoms with van der Waals surface area (Å²) in [4.78, 5) is 22.4. The molecular formula is C16H22O4. The summed E-state index contributed by atoms with van der Waals surface area (Å²) >= 11 is 0. The van der Waals surface area contributed by atoms with Gasteiger partial charge in [0.2, 0.25) is 0 Å². The highest BCUT2D eigenvalue weighted by molar-refractivity contribution is 5.75. The number of fused-ring (bicyclic) bond motifs is 2. The topological polar surface area (TPSA) is 74.6 Å². The zero-order valence-corrected chi connectivity index (χ0v) is 11.6. The lowest BCUT2D eigenvalue weighted by atomic mass is 10.0. The van der Waals surface area contributed by atoms with E-state index in [0.29, 0.717) is 11.8 Å². The summed E-state index contributed by atoms with van der Waals surface area (Å²) in [6.45, 7) is 0. The van der Waals surface area contributed by atoms with Crippen LogP contribution in [0.5, 0.6) is 0 Å². The van der Waals surface area contributed by atoms with Gasteiger partial charge in [0.25, 0.3) is 0 Å². The van der Waals surface area contributed by atoms with Gasteiger partial charge in [-0.15, -0.1) is 0 Å². The molecule has 0 bridgehead atoms. The summed E-state index contributed by atoms with van der Waals surface area (Å²) in [5.74, 6) is -0.475. The van der Waals surface area contributed by atoms with E-state index in [-0.39, 0.29) is 23.7 Å². The molecule has 2 saturated carbocycles. The molecule has 0 aromatic heterocycles. The molecule has 0 radical (unpaired) electrons. The van der Waals surface area contributed by atoms with Crippen molar-refractivity contribution in [2.45, 2.75) is 38.5 Å². The van der Waals surface area contributed by atoms with Crippen molar-refractivity contribution in [1.82, 2.24) is 0 Å². The van der Waals surface area contributed by atoms with Gasteiger partial charge in [0.15, 0.2) is 0 Å². The number of carboxylic acid groups (broad SMARTS) is 2. The fourth-order valence-electron chi connectivity index (χ4n) is 4.40. The van der Waals surface area contributed by atoms with Crippen LogP contribution < -0.4 is 0 Å². The van der Waals surface area contributed by atoms with Crippen LogP contribution in [-0.4, -0.2) is 22.2 Å². The molecular weight excluding hydrogens is 256 g/mol. The highest BCUT2D eigenvalue weighted by atomic mass is 16.4. The Balaban J connectivity index is 1.65. The van der Waals surface area contributed by atoms with Crippen LogP contribution in [0.4, 0.5) is 0 Å². The maximum atomic E-state index is 11.2. The molecule has 110 valence electrons. The van der Waals surface area contributed by atoms with Gasteiger partial charge in [0, 0.05) is 0 Å². The van der Waals surface area contributed by atoms with Gasteiger partial charge in [-0.25, -0.2) is 0 Å². The molecule has 0 heterocycles. The van der Waals surface area contributed by atoms with E-state index in [2.05, 4.69) is 12.2 Å². The van der Waals surface area contributed by atoms with Crippen molar-refractivity contribution in [2.24, 2.45) is 35.5 Å². The lowest BCUT2D eigenvalue weighted by Crippen LogP contribution is -2.02. The van der Waals surface area contributed by atoms with E-state index in [1.807, 2.05) is 0 Å². The number of rotatable bonds is 2. The van der Waals surface area contributed by atoms with E-state index in [1.165, 1.54) is 0 Å². The maximum Gasteiger partial charge on any atom is 0.307 e. The Labute approximate surface area is 118 Å². The SMILES string of the molecule is O=C(O)C1C2CC/C=C/CCC3C(CCC21)C3C(=O)O. The van der Waals surface area contributed by atoms with Crippen LogP contribution in [0.3, 0.4) is 0 Å². The zero-order chi connectivity index (χ0) is 14.3. The second kappa shape index (κ2) is 5.23. The molecule has 6 unspecified atom stereocenters. The summed E-state index contributed by atoms with van der Waals surface area (Å²) in [5, 5.41) is 18.4. The number of hydrogen-bond acceptors (Lipinski definition) is 2. The number of allylic oxidation sites excluding steroid dienone is 2. The van der Waals surface area contributed by atoms with Crippen molar-refractivity contribution in [3.8, 4) is 0 Å². The third kappa shape index (κ3) is 2.48. The molecule has 4 heteroatoms. The van der Waals surface area contributed by atoms with E-state index in [4.69, 9.17) is 0 Å². The van der Waals surface area contributed by atoms with Crippen molar-refractivity contribution in [1.29, 1.82) is 0 Å². The minimum Gasteiger partial charge on any atom is -0.481 e. The third-order valence-electron chi connectivity index (χ3n) is 5.57. The molecule has 0 aliphatic heterocycles. The average Bonchev–Trinajstić information content (AvgIpc) is 3.22. The molecule has 4 nitrogen and oxygen atoms in total. The Bertz CT molecular complexity index is 402. The second-order valence-corrected chi connectivity index (χ2v) is 6.59. The van der Waals surface area contributed by atoms with Crippen LogP contribution in [0.25, 0.3) is 0 Å². The lowest BCUT2D eigenvalue weighted by Gasteiger charge is -2.01. The van der Waals surface area contributed by atoms with Gasteiger partial charge in [0.1, 0.15) is 0 Å². The molecule has 3 aliphatic carbocycles. The monoisotopic (exact) mass is 278 g/mol. The van der Waals surface area contributed by atoms with E-state index in [1.54, 1.807) is 0 Å². The van der Waals surface area contributed by atoms with Crippen LogP contribution in [0.15, 0.2) is 12.2 Å². The predicted molar refractivity (Wildman–Crippen MR) is 73.1 cm³/mol. The molecule has 2 N–H and O–H groups in total. The van der Waals surface area contributed by atoms with E-state index in [9.17, 15) is 19.8 Å². The fourth-order valence-corrected chi connectivity index (χ4v) is 4.40. The standard InChI is InChI=1S/C16H22O4/c17-15(18)13-9-5-3-1-2-4-6-10-12(8-7-11(9)13)14(10)16(19)20/h1-2,9-14H,3-8H2,(H,17,18)(H,19,20)/b2-1+. The number of carboxylic acids is 2. The highest BCUT2D eigenvalue weighted by Gasteiger charge is 2.57. The second-order valence-electron chi connectivity index (χ2n) is 6.59. The average molecular weight is 278 g/mol. The van der Waals surface area contributed by atoms with E-state index < -0.39 is 11.9 Å². The first kappa shape index (κ1) is 13.7. The molecule has 3 rings (SSSR count). The van der Waals surface area contributed by atoms with Gasteiger partial charge in [0.05, 0.1) is 11.8 Å². The number of hydrogen-bond donors (Lipinski definition) is 2. The van der Waals surface area contributed by atoms with E-state index in [0.717, 1.165) is 38.5 Å². The van der Waals surface area contributed by atoms with Gasteiger partial charge >= 0.3 is 11.9 Å². The van der Waals surface area contributed by atoms with Crippen molar-refractivity contribution >= 4 is 11.9 Å². The zero-order valence-electron chi connectivity index (χ0n) is 11.6. The normalized spacial score (nSPS) is 45.0. The van der Waals surface area contributed by atoms with Crippen LogP contribution in [0, 0.1) is 35.5 Å². The summed E-state index contributed by atoms with van der Waals surface area (Å²) < 4.78 is 0. The minimum absolute atomic E-state index is 0.176. The molecule has 0 aromatic carbocycles. The number of aliphatic carboxylic acids is 2. The summed E-state index contributed by atoms with van der Waals surface area (Å²) in [5.41, 5.74) is 0. The first-order chi connectivity index (χ1) is 9.61. The Morgan fingerprint density at radius 2 is 1.05 bits per heavy atom. The van der Waals surface area contributed by atoms with Gasteiger partial charge < -0.3 is 10.2 Å². The molecule has 2 fully saturated rings.